The average molecular weight is 218 g/mol. The highest BCUT2D eigenvalue weighted by atomic mass is 35.5. The smallest absolute Gasteiger partial charge is 0.0238 e. The van der Waals surface area contributed by atoms with Crippen LogP contribution in [0, 0.1) is 5.92 Å². The standard InChI is InChI=1S/C12H24ClN/c1-10(2)12(8-9-13)14-11-6-4-3-5-7-11/h10-12,14H,3-9H2,1-2H3. The molecule has 0 radical (unpaired) electrons. The first-order chi connectivity index (χ1) is 6.74. The zero-order valence-corrected chi connectivity index (χ0v) is 10.3. The minimum absolute atomic E-state index is 0.621. The van der Waals surface area contributed by atoms with Gasteiger partial charge in [0, 0.05) is 18.0 Å². The van der Waals surface area contributed by atoms with Crippen LogP contribution in [0.5, 0.6) is 0 Å². The van der Waals surface area contributed by atoms with E-state index in [9.17, 15) is 0 Å². The quantitative estimate of drug-likeness (QED) is 0.695. The number of alkyl halides is 1. The third-order valence-electron chi connectivity index (χ3n) is 3.28. The Balaban J connectivity index is 2.29. The zero-order valence-electron chi connectivity index (χ0n) is 9.56. The lowest BCUT2D eigenvalue weighted by Crippen LogP contribution is -2.42. The summed E-state index contributed by atoms with van der Waals surface area (Å²) < 4.78 is 0. The van der Waals surface area contributed by atoms with Crippen molar-refractivity contribution in [3.63, 3.8) is 0 Å². The lowest BCUT2D eigenvalue weighted by Gasteiger charge is -2.30. The second-order valence-electron chi connectivity index (χ2n) is 4.83. The summed E-state index contributed by atoms with van der Waals surface area (Å²) in [5.41, 5.74) is 0. The number of halogens is 1. The maximum atomic E-state index is 5.82. The van der Waals surface area contributed by atoms with Crippen LogP contribution in [0.2, 0.25) is 0 Å². The Morgan fingerprint density at radius 1 is 1.21 bits per heavy atom. The Bertz CT molecular complexity index is 141. The second kappa shape index (κ2) is 6.68. The third-order valence-corrected chi connectivity index (χ3v) is 3.50. The molecule has 0 aliphatic heterocycles. The maximum Gasteiger partial charge on any atom is 0.0238 e. The van der Waals surface area contributed by atoms with E-state index in [4.69, 9.17) is 11.6 Å². The third kappa shape index (κ3) is 4.18. The van der Waals surface area contributed by atoms with E-state index in [2.05, 4.69) is 19.2 Å². The zero-order chi connectivity index (χ0) is 10.4. The minimum Gasteiger partial charge on any atom is -0.311 e. The van der Waals surface area contributed by atoms with Crippen LogP contribution in [-0.2, 0) is 0 Å². The van der Waals surface area contributed by atoms with Crippen LogP contribution in [0.25, 0.3) is 0 Å². The average Bonchev–Trinajstić information content (AvgIpc) is 2.18. The van der Waals surface area contributed by atoms with Crippen LogP contribution in [0.15, 0.2) is 0 Å². The highest BCUT2D eigenvalue weighted by molar-refractivity contribution is 6.17. The Kier molecular flexibility index (Phi) is 5.88. The van der Waals surface area contributed by atoms with E-state index < -0.39 is 0 Å². The largest absolute Gasteiger partial charge is 0.311 e. The molecule has 0 bridgehead atoms. The Morgan fingerprint density at radius 2 is 1.86 bits per heavy atom. The van der Waals surface area contributed by atoms with Gasteiger partial charge in [-0.2, -0.15) is 0 Å². The van der Waals surface area contributed by atoms with Gasteiger partial charge in [0.05, 0.1) is 0 Å². The van der Waals surface area contributed by atoms with Crippen molar-refractivity contribution in [3.8, 4) is 0 Å². The molecule has 14 heavy (non-hydrogen) atoms. The summed E-state index contributed by atoms with van der Waals surface area (Å²) in [5.74, 6) is 1.48. The minimum atomic E-state index is 0.621. The van der Waals surface area contributed by atoms with Crippen molar-refractivity contribution < 1.29 is 0 Å². The summed E-state index contributed by atoms with van der Waals surface area (Å²) in [5, 5.41) is 3.77. The van der Waals surface area contributed by atoms with Crippen LogP contribution >= 0.6 is 11.6 Å². The van der Waals surface area contributed by atoms with E-state index in [1.807, 2.05) is 0 Å². The molecule has 2 heteroatoms. The van der Waals surface area contributed by atoms with Gasteiger partial charge in [0.15, 0.2) is 0 Å². The molecule has 1 atom stereocenters. The molecule has 1 aliphatic carbocycles. The molecule has 0 amide bonds. The predicted molar refractivity (Wildman–Crippen MR) is 64.0 cm³/mol. The molecule has 1 unspecified atom stereocenters. The lowest BCUT2D eigenvalue weighted by molar-refractivity contribution is 0.292. The summed E-state index contributed by atoms with van der Waals surface area (Å²) >= 11 is 5.82. The molecule has 0 spiro atoms. The number of nitrogens with one attached hydrogen (secondary N) is 1. The van der Waals surface area contributed by atoms with Crippen molar-refractivity contribution in [1.29, 1.82) is 0 Å². The van der Waals surface area contributed by atoms with Crippen LogP contribution in [0.4, 0.5) is 0 Å². The van der Waals surface area contributed by atoms with Gasteiger partial charge in [-0.15, -0.1) is 11.6 Å². The van der Waals surface area contributed by atoms with Gasteiger partial charge in [-0.05, 0) is 25.2 Å². The monoisotopic (exact) mass is 217 g/mol. The second-order valence-corrected chi connectivity index (χ2v) is 5.21. The summed E-state index contributed by atoms with van der Waals surface area (Å²) in [6.07, 6.45) is 8.08. The fraction of sp³-hybridized carbons (Fsp3) is 1.00. The molecular weight excluding hydrogens is 194 g/mol. The molecule has 1 rings (SSSR count). The van der Waals surface area contributed by atoms with Crippen molar-refractivity contribution >= 4 is 11.6 Å². The van der Waals surface area contributed by atoms with Crippen LogP contribution in [0.1, 0.15) is 52.4 Å². The van der Waals surface area contributed by atoms with Gasteiger partial charge in [-0.3, -0.25) is 0 Å². The van der Waals surface area contributed by atoms with Gasteiger partial charge in [0.25, 0.3) is 0 Å². The van der Waals surface area contributed by atoms with Crippen molar-refractivity contribution in [2.75, 3.05) is 5.88 Å². The molecule has 84 valence electrons. The van der Waals surface area contributed by atoms with E-state index in [-0.39, 0.29) is 0 Å². The number of hydrogen-bond acceptors (Lipinski definition) is 1. The molecule has 0 aromatic rings. The number of hydrogen-bond donors (Lipinski definition) is 1. The molecule has 1 nitrogen and oxygen atoms in total. The van der Waals surface area contributed by atoms with Crippen LogP contribution < -0.4 is 5.32 Å². The molecule has 0 aromatic carbocycles. The Morgan fingerprint density at radius 3 is 2.36 bits per heavy atom. The summed E-state index contributed by atoms with van der Waals surface area (Å²) in [4.78, 5) is 0. The Labute approximate surface area is 93.6 Å². The highest BCUT2D eigenvalue weighted by Crippen LogP contribution is 2.19. The van der Waals surface area contributed by atoms with Crippen LogP contribution in [0.3, 0.4) is 0 Å². The van der Waals surface area contributed by atoms with E-state index in [0.29, 0.717) is 12.0 Å². The fourth-order valence-electron chi connectivity index (χ4n) is 2.30. The molecule has 1 saturated carbocycles. The van der Waals surface area contributed by atoms with Gasteiger partial charge < -0.3 is 5.32 Å². The summed E-state index contributed by atoms with van der Waals surface area (Å²) in [7, 11) is 0. The number of rotatable bonds is 5. The molecule has 0 saturated heterocycles. The van der Waals surface area contributed by atoms with E-state index in [1.165, 1.54) is 32.1 Å². The summed E-state index contributed by atoms with van der Waals surface area (Å²) in [6.45, 7) is 4.57. The molecule has 1 aliphatic rings. The predicted octanol–water partition coefficient (Wildman–Crippen LogP) is 3.56. The van der Waals surface area contributed by atoms with Gasteiger partial charge in [0.2, 0.25) is 0 Å². The summed E-state index contributed by atoms with van der Waals surface area (Å²) in [6, 6.07) is 1.38. The molecule has 1 N–H and O–H groups in total. The molecular formula is C12H24ClN. The van der Waals surface area contributed by atoms with Crippen molar-refractivity contribution in [1.82, 2.24) is 5.32 Å². The van der Waals surface area contributed by atoms with Gasteiger partial charge in [-0.1, -0.05) is 33.1 Å². The highest BCUT2D eigenvalue weighted by Gasteiger charge is 2.19. The molecule has 0 aromatic heterocycles. The van der Waals surface area contributed by atoms with E-state index in [0.717, 1.165) is 18.3 Å². The first kappa shape index (κ1) is 12.3. The van der Waals surface area contributed by atoms with Gasteiger partial charge >= 0.3 is 0 Å². The Hall–Kier alpha value is 0.250. The maximum absolute atomic E-state index is 5.82. The van der Waals surface area contributed by atoms with Crippen molar-refractivity contribution in [3.05, 3.63) is 0 Å². The molecule has 0 heterocycles. The van der Waals surface area contributed by atoms with Crippen LogP contribution in [-0.4, -0.2) is 18.0 Å². The van der Waals surface area contributed by atoms with E-state index in [1.54, 1.807) is 0 Å². The lowest BCUT2D eigenvalue weighted by atomic mass is 9.92. The van der Waals surface area contributed by atoms with Gasteiger partial charge in [0.1, 0.15) is 0 Å². The normalized spacial score (nSPS) is 21.4. The molecule has 1 fully saturated rings. The fourth-order valence-corrected chi connectivity index (χ4v) is 2.53. The van der Waals surface area contributed by atoms with Crippen molar-refractivity contribution in [2.45, 2.75) is 64.5 Å². The first-order valence-electron chi connectivity index (χ1n) is 6.06. The SMILES string of the molecule is CC(C)C(CCCl)NC1CCCCC1. The first-order valence-corrected chi connectivity index (χ1v) is 6.59. The van der Waals surface area contributed by atoms with Crippen molar-refractivity contribution in [2.24, 2.45) is 5.92 Å². The topological polar surface area (TPSA) is 12.0 Å². The van der Waals surface area contributed by atoms with Gasteiger partial charge in [-0.25, -0.2) is 0 Å². The van der Waals surface area contributed by atoms with E-state index >= 15 is 0 Å².